The molecule has 0 N–H and O–H groups in total. The highest BCUT2D eigenvalue weighted by molar-refractivity contribution is 9.10. The number of hydrogen-bond donors (Lipinski definition) is 0. The van der Waals surface area contributed by atoms with Gasteiger partial charge in [0.1, 0.15) is 5.75 Å². The second-order valence-corrected chi connectivity index (χ2v) is 5.78. The molecule has 0 spiro atoms. The highest BCUT2D eigenvalue weighted by Gasteiger charge is 2.18. The maximum atomic E-state index is 12.4. The summed E-state index contributed by atoms with van der Waals surface area (Å²) in [4.78, 5) is 14.2. The van der Waals surface area contributed by atoms with Crippen molar-refractivity contribution in [2.24, 2.45) is 0 Å². The maximum absolute atomic E-state index is 12.4. The second-order valence-electron chi connectivity index (χ2n) is 4.13. The quantitative estimate of drug-likeness (QED) is 0.731. The Labute approximate surface area is 125 Å². The van der Waals surface area contributed by atoms with Crippen LogP contribution in [0.4, 0.5) is 0 Å². The molecular weight excluding hydrogens is 362 g/mol. The fraction of sp³-hybridized carbons (Fsp3) is 0.462. The summed E-state index contributed by atoms with van der Waals surface area (Å²) in [6.07, 6.45) is 0. The molecule has 5 heteroatoms. The number of benzene rings is 1. The summed E-state index contributed by atoms with van der Waals surface area (Å²) < 4.78 is 5.95. The monoisotopic (exact) mass is 377 g/mol. The number of nitrogens with zero attached hydrogens (tertiary/aromatic N) is 1. The van der Waals surface area contributed by atoms with Crippen molar-refractivity contribution in [3.63, 3.8) is 0 Å². The van der Waals surface area contributed by atoms with Crippen molar-refractivity contribution < 1.29 is 9.53 Å². The van der Waals surface area contributed by atoms with Crippen LogP contribution in [0.5, 0.6) is 5.75 Å². The van der Waals surface area contributed by atoms with Gasteiger partial charge in [0.2, 0.25) is 0 Å². The van der Waals surface area contributed by atoms with E-state index in [-0.39, 0.29) is 11.9 Å². The van der Waals surface area contributed by atoms with Gasteiger partial charge in [-0.2, -0.15) is 0 Å². The standard InChI is InChI=1S/C13H17Br2NO2/c1-9(2)16(7-6-14)13(17)10-4-5-12(18-3)11(15)8-10/h4-5,8-9H,6-7H2,1-3H3. The van der Waals surface area contributed by atoms with Crippen LogP contribution in [0, 0.1) is 0 Å². The third-order valence-corrected chi connectivity index (χ3v) is 3.58. The van der Waals surface area contributed by atoms with Crippen LogP contribution in [0.1, 0.15) is 24.2 Å². The van der Waals surface area contributed by atoms with Crippen LogP contribution in [0.3, 0.4) is 0 Å². The van der Waals surface area contributed by atoms with E-state index in [2.05, 4.69) is 31.9 Å². The van der Waals surface area contributed by atoms with Gasteiger partial charge in [-0.1, -0.05) is 15.9 Å². The molecule has 0 saturated carbocycles. The lowest BCUT2D eigenvalue weighted by Gasteiger charge is -2.26. The van der Waals surface area contributed by atoms with Gasteiger partial charge in [-0.05, 0) is 48.0 Å². The minimum atomic E-state index is 0.0350. The molecule has 1 rings (SSSR count). The van der Waals surface area contributed by atoms with Crippen LogP contribution in [0.25, 0.3) is 0 Å². The summed E-state index contributed by atoms with van der Waals surface area (Å²) in [6.45, 7) is 4.72. The second kappa shape index (κ2) is 7.14. The van der Waals surface area contributed by atoms with Crippen LogP contribution in [0.2, 0.25) is 0 Å². The number of hydrogen-bond acceptors (Lipinski definition) is 2. The Morgan fingerprint density at radius 2 is 2.11 bits per heavy atom. The minimum absolute atomic E-state index is 0.0350. The van der Waals surface area contributed by atoms with E-state index in [0.29, 0.717) is 12.1 Å². The predicted octanol–water partition coefficient (Wildman–Crippen LogP) is 3.70. The van der Waals surface area contributed by atoms with E-state index in [9.17, 15) is 4.79 Å². The summed E-state index contributed by atoms with van der Waals surface area (Å²) >= 11 is 6.77. The summed E-state index contributed by atoms with van der Waals surface area (Å²) in [7, 11) is 1.60. The third kappa shape index (κ3) is 3.72. The van der Waals surface area contributed by atoms with Crippen molar-refractivity contribution >= 4 is 37.8 Å². The number of halogens is 2. The molecule has 0 heterocycles. The van der Waals surface area contributed by atoms with Crippen molar-refractivity contribution in [2.45, 2.75) is 19.9 Å². The molecule has 100 valence electrons. The first kappa shape index (κ1) is 15.5. The van der Waals surface area contributed by atoms with E-state index < -0.39 is 0 Å². The van der Waals surface area contributed by atoms with Crippen LogP contribution in [0.15, 0.2) is 22.7 Å². The smallest absolute Gasteiger partial charge is 0.254 e. The lowest BCUT2D eigenvalue weighted by Crippen LogP contribution is -2.38. The minimum Gasteiger partial charge on any atom is -0.496 e. The third-order valence-electron chi connectivity index (χ3n) is 2.61. The highest BCUT2D eigenvalue weighted by Crippen LogP contribution is 2.26. The van der Waals surface area contributed by atoms with E-state index in [1.807, 2.05) is 18.7 Å². The van der Waals surface area contributed by atoms with Gasteiger partial charge in [0.05, 0.1) is 11.6 Å². The summed E-state index contributed by atoms with van der Waals surface area (Å²) in [5.41, 5.74) is 0.664. The lowest BCUT2D eigenvalue weighted by molar-refractivity contribution is 0.0719. The van der Waals surface area contributed by atoms with Crippen molar-refractivity contribution in [1.82, 2.24) is 4.90 Å². The molecule has 1 aromatic carbocycles. The van der Waals surface area contributed by atoms with Gasteiger partial charge in [-0.25, -0.2) is 0 Å². The van der Waals surface area contributed by atoms with Gasteiger partial charge in [0.25, 0.3) is 5.91 Å². The Bertz CT molecular complexity index is 421. The van der Waals surface area contributed by atoms with Crippen molar-refractivity contribution in [1.29, 1.82) is 0 Å². The first-order valence-electron chi connectivity index (χ1n) is 5.71. The fourth-order valence-electron chi connectivity index (χ4n) is 1.65. The fourth-order valence-corrected chi connectivity index (χ4v) is 2.57. The number of rotatable bonds is 5. The topological polar surface area (TPSA) is 29.5 Å². The molecular formula is C13H17Br2NO2. The number of carbonyl (C=O) groups is 1. The highest BCUT2D eigenvalue weighted by atomic mass is 79.9. The number of amides is 1. The van der Waals surface area contributed by atoms with Gasteiger partial charge in [-0.3, -0.25) is 4.79 Å². The van der Waals surface area contributed by atoms with Gasteiger partial charge in [0.15, 0.2) is 0 Å². The van der Waals surface area contributed by atoms with Crippen molar-refractivity contribution in [3.05, 3.63) is 28.2 Å². The number of methoxy groups -OCH3 is 1. The Morgan fingerprint density at radius 1 is 1.44 bits per heavy atom. The molecule has 0 saturated heterocycles. The summed E-state index contributed by atoms with van der Waals surface area (Å²) in [6, 6.07) is 5.56. The number of carbonyl (C=O) groups excluding carboxylic acids is 1. The average Bonchev–Trinajstić information content (AvgIpc) is 2.34. The van der Waals surface area contributed by atoms with Gasteiger partial charge >= 0.3 is 0 Å². The molecule has 0 aliphatic heterocycles. The lowest BCUT2D eigenvalue weighted by atomic mass is 10.1. The summed E-state index contributed by atoms with van der Waals surface area (Å²) in [5, 5.41) is 0.772. The van der Waals surface area contributed by atoms with Crippen LogP contribution < -0.4 is 4.74 Å². The number of ether oxygens (including phenoxy) is 1. The SMILES string of the molecule is COc1ccc(C(=O)N(CCBr)C(C)C)cc1Br. The van der Waals surface area contributed by atoms with Crippen molar-refractivity contribution in [2.75, 3.05) is 19.0 Å². The summed E-state index contributed by atoms with van der Waals surface area (Å²) in [5.74, 6) is 0.760. The van der Waals surface area contributed by atoms with E-state index in [1.54, 1.807) is 25.3 Å². The molecule has 0 aromatic heterocycles. The van der Waals surface area contributed by atoms with Crippen LogP contribution >= 0.6 is 31.9 Å². The molecule has 3 nitrogen and oxygen atoms in total. The normalized spacial score (nSPS) is 10.6. The molecule has 0 fully saturated rings. The molecule has 0 radical (unpaired) electrons. The van der Waals surface area contributed by atoms with E-state index in [4.69, 9.17) is 4.74 Å². The molecule has 1 amide bonds. The van der Waals surface area contributed by atoms with Crippen molar-refractivity contribution in [3.8, 4) is 5.75 Å². The first-order valence-corrected chi connectivity index (χ1v) is 7.63. The predicted molar refractivity (Wildman–Crippen MR) is 80.7 cm³/mol. The van der Waals surface area contributed by atoms with E-state index >= 15 is 0 Å². The molecule has 18 heavy (non-hydrogen) atoms. The Morgan fingerprint density at radius 3 is 2.56 bits per heavy atom. The van der Waals surface area contributed by atoms with Crippen LogP contribution in [-0.4, -0.2) is 35.8 Å². The largest absolute Gasteiger partial charge is 0.496 e. The zero-order valence-electron chi connectivity index (χ0n) is 10.7. The molecule has 0 unspecified atom stereocenters. The molecule has 0 aliphatic rings. The molecule has 0 bridgehead atoms. The molecule has 0 atom stereocenters. The van der Waals surface area contributed by atoms with Crippen LogP contribution in [-0.2, 0) is 0 Å². The van der Waals surface area contributed by atoms with Gasteiger partial charge in [0, 0.05) is 23.5 Å². The zero-order chi connectivity index (χ0) is 13.7. The van der Waals surface area contributed by atoms with E-state index in [0.717, 1.165) is 15.6 Å². The molecule has 0 aliphatic carbocycles. The van der Waals surface area contributed by atoms with Gasteiger partial charge in [-0.15, -0.1) is 0 Å². The average molecular weight is 379 g/mol. The first-order chi connectivity index (χ1) is 8.51. The molecule has 1 aromatic rings. The Hall–Kier alpha value is -0.550. The number of alkyl halides is 1. The Balaban J connectivity index is 2.98. The Kier molecular flexibility index (Phi) is 6.15. The zero-order valence-corrected chi connectivity index (χ0v) is 13.9. The maximum Gasteiger partial charge on any atom is 0.254 e. The van der Waals surface area contributed by atoms with E-state index in [1.165, 1.54) is 0 Å². The van der Waals surface area contributed by atoms with Gasteiger partial charge < -0.3 is 9.64 Å².